The number of rotatable bonds is 7. The van der Waals surface area contributed by atoms with Crippen molar-refractivity contribution in [3.8, 4) is 0 Å². The van der Waals surface area contributed by atoms with E-state index >= 15 is 0 Å². The molecule has 0 saturated carbocycles. The fraction of sp³-hybridized carbons (Fsp3) is 0.304. The van der Waals surface area contributed by atoms with Crippen LogP contribution in [-0.4, -0.2) is 53.3 Å². The van der Waals surface area contributed by atoms with E-state index in [0.717, 1.165) is 11.3 Å². The van der Waals surface area contributed by atoms with E-state index in [4.69, 9.17) is 0 Å². The van der Waals surface area contributed by atoms with Crippen molar-refractivity contribution in [3.63, 3.8) is 0 Å². The fourth-order valence-corrected chi connectivity index (χ4v) is 3.91. The van der Waals surface area contributed by atoms with Crippen LogP contribution in [-0.2, 0) is 0 Å². The Bertz CT molecular complexity index is 899. The molecule has 7 heteroatoms. The molecule has 0 aromatic heterocycles. The summed E-state index contributed by atoms with van der Waals surface area (Å²) in [4.78, 5) is 54.3. The average Bonchev–Trinajstić information content (AvgIpc) is 3.13. The number of hydrogen-bond donors (Lipinski definition) is 1. The van der Waals surface area contributed by atoms with Crippen molar-refractivity contribution in [3.05, 3.63) is 70.8 Å². The predicted octanol–water partition coefficient (Wildman–Crippen LogP) is 1.42. The molecule has 0 saturated heterocycles. The van der Waals surface area contributed by atoms with Gasteiger partial charge in [-0.25, -0.2) is 9.80 Å². The summed E-state index contributed by atoms with van der Waals surface area (Å²) in [6.07, 6.45) is 0.835. The maximum Gasteiger partial charge on any atom is 0.265 e. The van der Waals surface area contributed by atoms with Gasteiger partial charge in [-0.2, -0.15) is 0 Å². The summed E-state index contributed by atoms with van der Waals surface area (Å²) in [6, 6.07) is 13.5. The molecule has 0 aliphatic carbocycles. The Kier molecular flexibility index (Phi) is 5.22. The Labute approximate surface area is 174 Å². The van der Waals surface area contributed by atoms with Gasteiger partial charge in [0.2, 0.25) is 0 Å². The highest BCUT2D eigenvalue weighted by molar-refractivity contribution is 6.22. The number of nitrogens with one attached hydrogen (secondary N) is 1. The molecule has 2 heterocycles. The van der Waals surface area contributed by atoms with Gasteiger partial charge in [0.05, 0.1) is 28.8 Å². The second-order valence-electron chi connectivity index (χ2n) is 8.17. The number of imide groups is 2. The molecule has 0 bridgehead atoms. The van der Waals surface area contributed by atoms with Gasteiger partial charge in [-0.1, -0.05) is 38.1 Å². The lowest BCUT2D eigenvalue weighted by atomic mass is 10.1. The van der Waals surface area contributed by atoms with E-state index in [1.54, 1.807) is 48.5 Å². The molecule has 2 aliphatic rings. The van der Waals surface area contributed by atoms with Crippen LogP contribution in [0.15, 0.2) is 48.5 Å². The van der Waals surface area contributed by atoms with Gasteiger partial charge in [-0.15, -0.1) is 0 Å². The van der Waals surface area contributed by atoms with E-state index in [1.165, 1.54) is 9.80 Å². The Morgan fingerprint density at radius 2 is 1.00 bits per heavy atom. The Morgan fingerprint density at radius 3 is 1.30 bits per heavy atom. The van der Waals surface area contributed by atoms with Crippen molar-refractivity contribution >= 4 is 23.6 Å². The number of fused-ring (bicyclic) bond motifs is 2. The van der Waals surface area contributed by atoms with Crippen LogP contribution in [0.2, 0.25) is 0 Å². The topological polar surface area (TPSA) is 79.2 Å². The minimum absolute atomic E-state index is 0.104. The standard InChI is InChI=1S/C23H23N3O4/c1-15(2)11-12-24(13-25-20(27)16-7-3-4-8-17(16)21(25)28)14-26-22(29)18-9-5-6-10-19(18)23(26)30/h3-10,15H,11-14H2,1-2H3/p+1. The summed E-state index contributed by atoms with van der Waals surface area (Å²) < 4.78 is 0. The van der Waals surface area contributed by atoms with Gasteiger partial charge in [-0.3, -0.25) is 24.1 Å². The summed E-state index contributed by atoms with van der Waals surface area (Å²) >= 11 is 0. The third kappa shape index (κ3) is 3.41. The minimum Gasteiger partial charge on any atom is -0.300 e. The Hall–Kier alpha value is -3.32. The van der Waals surface area contributed by atoms with Crippen LogP contribution in [0.25, 0.3) is 0 Å². The van der Waals surface area contributed by atoms with Crippen LogP contribution in [0.5, 0.6) is 0 Å². The first-order valence-corrected chi connectivity index (χ1v) is 10.1. The number of benzene rings is 2. The molecular weight excluding hydrogens is 382 g/mol. The smallest absolute Gasteiger partial charge is 0.265 e. The normalized spacial score (nSPS) is 15.6. The molecule has 1 N–H and O–H groups in total. The first-order chi connectivity index (χ1) is 14.4. The molecule has 0 fully saturated rings. The van der Waals surface area contributed by atoms with Gasteiger partial charge in [0.1, 0.15) is 0 Å². The van der Waals surface area contributed by atoms with Crippen LogP contribution in [0.1, 0.15) is 61.7 Å². The Balaban J connectivity index is 1.55. The van der Waals surface area contributed by atoms with E-state index in [9.17, 15) is 19.2 Å². The molecular formula is C23H24N3O4+. The van der Waals surface area contributed by atoms with E-state index in [2.05, 4.69) is 13.8 Å². The van der Waals surface area contributed by atoms with Gasteiger partial charge < -0.3 is 0 Å². The van der Waals surface area contributed by atoms with Crippen LogP contribution in [0, 0.1) is 5.92 Å². The van der Waals surface area contributed by atoms with Crippen molar-refractivity contribution < 1.29 is 24.1 Å². The highest BCUT2D eigenvalue weighted by Gasteiger charge is 2.41. The first-order valence-electron chi connectivity index (χ1n) is 10.1. The maximum atomic E-state index is 12.8. The summed E-state index contributed by atoms with van der Waals surface area (Å²) in [6.45, 7) is 5.00. The molecule has 0 atom stereocenters. The van der Waals surface area contributed by atoms with Crippen LogP contribution >= 0.6 is 0 Å². The number of quaternary nitrogens is 1. The van der Waals surface area contributed by atoms with Crippen LogP contribution < -0.4 is 4.90 Å². The SMILES string of the molecule is CC(C)CC[NH+](CN1C(=O)c2ccccc2C1=O)CN1C(=O)c2ccccc2C1=O. The molecule has 0 unspecified atom stereocenters. The number of nitrogens with zero attached hydrogens (tertiary/aromatic N) is 2. The molecule has 4 amide bonds. The largest absolute Gasteiger partial charge is 0.300 e. The molecule has 4 rings (SSSR count). The summed E-state index contributed by atoms with van der Waals surface area (Å²) in [5.74, 6) is -0.926. The zero-order valence-corrected chi connectivity index (χ0v) is 17.1. The maximum absolute atomic E-state index is 12.8. The van der Waals surface area contributed by atoms with E-state index < -0.39 is 0 Å². The van der Waals surface area contributed by atoms with Gasteiger partial charge in [0.25, 0.3) is 23.6 Å². The fourth-order valence-electron chi connectivity index (χ4n) is 3.91. The van der Waals surface area contributed by atoms with Crippen LogP contribution in [0.3, 0.4) is 0 Å². The number of carbonyl (C=O) groups excluding carboxylic acids is 4. The quantitative estimate of drug-likeness (QED) is 0.706. The lowest BCUT2D eigenvalue weighted by Gasteiger charge is -2.27. The number of hydrogen-bond acceptors (Lipinski definition) is 4. The zero-order valence-electron chi connectivity index (χ0n) is 17.1. The molecule has 2 aromatic carbocycles. The average molecular weight is 406 g/mol. The molecule has 30 heavy (non-hydrogen) atoms. The van der Waals surface area contributed by atoms with E-state index in [0.29, 0.717) is 34.7 Å². The summed E-state index contributed by atoms with van der Waals surface area (Å²) in [7, 11) is 0. The van der Waals surface area contributed by atoms with Crippen LogP contribution in [0.4, 0.5) is 0 Å². The van der Waals surface area contributed by atoms with E-state index in [-0.39, 0.29) is 37.0 Å². The van der Waals surface area contributed by atoms with Crippen molar-refractivity contribution in [1.29, 1.82) is 0 Å². The third-order valence-corrected chi connectivity index (χ3v) is 5.60. The minimum atomic E-state index is -0.333. The highest BCUT2D eigenvalue weighted by atomic mass is 16.2. The van der Waals surface area contributed by atoms with Gasteiger partial charge in [0.15, 0.2) is 13.3 Å². The highest BCUT2D eigenvalue weighted by Crippen LogP contribution is 2.22. The number of amides is 4. The second-order valence-corrected chi connectivity index (χ2v) is 8.17. The molecule has 7 nitrogen and oxygen atoms in total. The number of carbonyl (C=O) groups is 4. The molecule has 0 spiro atoms. The van der Waals surface area contributed by atoms with Gasteiger partial charge in [-0.05, 0) is 36.6 Å². The molecule has 2 aliphatic heterocycles. The zero-order chi connectivity index (χ0) is 21.4. The van der Waals surface area contributed by atoms with Gasteiger partial charge >= 0.3 is 0 Å². The summed E-state index contributed by atoms with van der Waals surface area (Å²) in [5.41, 5.74) is 1.58. The molecule has 2 aromatic rings. The molecule has 0 radical (unpaired) electrons. The van der Waals surface area contributed by atoms with E-state index in [1.807, 2.05) is 0 Å². The first kappa shape index (κ1) is 20.0. The van der Waals surface area contributed by atoms with Crippen molar-refractivity contribution in [2.45, 2.75) is 20.3 Å². The predicted molar refractivity (Wildman–Crippen MR) is 109 cm³/mol. The monoisotopic (exact) mass is 406 g/mol. The molecule has 154 valence electrons. The van der Waals surface area contributed by atoms with Crippen molar-refractivity contribution in [1.82, 2.24) is 9.80 Å². The lowest BCUT2D eigenvalue weighted by molar-refractivity contribution is -0.915. The summed E-state index contributed by atoms with van der Waals surface area (Å²) in [5, 5.41) is 0. The van der Waals surface area contributed by atoms with Crippen molar-refractivity contribution in [2.24, 2.45) is 5.92 Å². The second kappa shape index (κ2) is 7.84. The Morgan fingerprint density at radius 1 is 0.667 bits per heavy atom. The van der Waals surface area contributed by atoms with Gasteiger partial charge in [0, 0.05) is 0 Å². The van der Waals surface area contributed by atoms with Crippen molar-refractivity contribution in [2.75, 3.05) is 19.9 Å². The third-order valence-electron chi connectivity index (χ3n) is 5.60. The lowest BCUT2D eigenvalue weighted by Crippen LogP contribution is -3.15.